The largest absolute Gasteiger partial charge is 0.463 e. The highest BCUT2D eigenvalue weighted by Crippen LogP contribution is 2.28. The van der Waals surface area contributed by atoms with Gasteiger partial charge in [-0.2, -0.15) is 5.10 Å². The minimum Gasteiger partial charge on any atom is -0.463 e. The molecule has 1 saturated heterocycles. The Bertz CT molecular complexity index is 1140. The van der Waals surface area contributed by atoms with Crippen molar-refractivity contribution >= 4 is 46.7 Å². The first-order chi connectivity index (χ1) is 18.5. The molecule has 12 nitrogen and oxygen atoms in total. The lowest BCUT2D eigenvalue weighted by Gasteiger charge is -2.20. The molecule has 2 rings (SSSR count). The summed E-state index contributed by atoms with van der Waals surface area (Å²) in [6.45, 7) is 11.3. The van der Waals surface area contributed by atoms with E-state index in [9.17, 15) is 23.6 Å². The molecule has 2 N–H and O–H groups in total. The smallest absolute Gasteiger partial charge is 0.428 e. The number of carbonyl (C=O) groups excluding carboxylic acids is 4. The number of nitrogens with one attached hydrogen (secondary N) is 2. The Labute approximate surface area is 235 Å². The second-order valence-electron chi connectivity index (χ2n) is 10.4. The van der Waals surface area contributed by atoms with Crippen molar-refractivity contribution in [1.82, 2.24) is 10.7 Å². The van der Waals surface area contributed by atoms with Crippen LogP contribution in [0.4, 0.5) is 28.9 Å². The number of hydrogen-bond donors (Lipinski definition) is 2. The zero-order valence-corrected chi connectivity index (χ0v) is 24.1. The third kappa shape index (κ3) is 10.5. The van der Waals surface area contributed by atoms with Crippen LogP contribution in [0.15, 0.2) is 23.3 Å². The molecule has 40 heavy (non-hydrogen) atoms. The Kier molecular flexibility index (Phi) is 11.1. The number of cyclic esters (lactones) is 1. The Hall–Kier alpha value is -3.62. The highest BCUT2D eigenvalue weighted by Gasteiger charge is 2.34. The molecule has 1 aliphatic rings. The van der Waals surface area contributed by atoms with Gasteiger partial charge in [0.15, 0.2) is 0 Å². The average Bonchev–Trinajstić information content (AvgIpc) is 3.18. The van der Waals surface area contributed by atoms with Crippen LogP contribution >= 0.6 is 11.8 Å². The zero-order chi connectivity index (χ0) is 30.3. The summed E-state index contributed by atoms with van der Waals surface area (Å²) in [4.78, 5) is 49.3. The summed E-state index contributed by atoms with van der Waals surface area (Å²) in [6.07, 6.45) is -3.18. The lowest BCUT2D eigenvalue weighted by molar-refractivity contribution is -0.145. The van der Waals surface area contributed by atoms with Crippen molar-refractivity contribution in [1.29, 1.82) is 0 Å². The van der Waals surface area contributed by atoms with Crippen LogP contribution < -0.4 is 15.6 Å². The monoisotopic (exact) mass is 588 g/mol. The molecule has 1 fully saturated rings. The fourth-order valence-corrected chi connectivity index (χ4v) is 3.85. The number of alkyl halides is 1. The Balaban J connectivity index is 2.21. The number of hydrogen-bond acceptors (Lipinski definition) is 10. The quantitative estimate of drug-likeness (QED) is 0.148. The molecule has 2 atom stereocenters. The Morgan fingerprint density at radius 1 is 1.15 bits per heavy atom. The van der Waals surface area contributed by atoms with Gasteiger partial charge in [-0.15, -0.1) is 0 Å². The van der Waals surface area contributed by atoms with Gasteiger partial charge in [0, 0.05) is 5.56 Å². The molecular weight excluding hydrogens is 554 g/mol. The summed E-state index contributed by atoms with van der Waals surface area (Å²) >= 11 is 0.213. The van der Waals surface area contributed by atoms with E-state index >= 15 is 4.39 Å². The number of alkyl carbamates (subject to hydrolysis) is 1. The molecule has 0 spiro atoms. The number of esters is 1. The van der Waals surface area contributed by atoms with Crippen molar-refractivity contribution in [2.75, 3.05) is 24.6 Å². The molecule has 1 aliphatic heterocycles. The van der Waals surface area contributed by atoms with Gasteiger partial charge in [-0.3, -0.25) is 4.90 Å². The van der Waals surface area contributed by atoms with Gasteiger partial charge in [-0.05, 0) is 66.7 Å². The van der Waals surface area contributed by atoms with E-state index in [4.69, 9.17) is 14.2 Å². The maximum Gasteiger partial charge on any atom is 0.428 e. The minimum atomic E-state index is -2.27. The van der Waals surface area contributed by atoms with Crippen LogP contribution in [0.1, 0.15) is 54.0 Å². The molecule has 0 bridgehead atoms. The second-order valence-corrected chi connectivity index (χ2v) is 11.4. The van der Waals surface area contributed by atoms with E-state index in [1.807, 2.05) is 0 Å². The summed E-state index contributed by atoms with van der Waals surface area (Å²) in [7, 11) is 0. The predicted molar refractivity (Wildman–Crippen MR) is 143 cm³/mol. The van der Waals surface area contributed by atoms with E-state index in [-0.39, 0.29) is 47.8 Å². The summed E-state index contributed by atoms with van der Waals surface area (Å²) in [5.41, 5.74) is -1.95. The van der Waals surface area contributed by atoms with Gasteiger partial charge in [0.1, 0.15) is 28.2 Å². The van der Waals surface area contributed by atoms with E-state index < -0.39 is 52.9 Å². The average molecular weight is 589 g/mol. The number of benzene rings is 1. The van der Waals surface area contributed by atoms with E-state index in [1.165, 1.54) is 19.1 Å². The Morgan fingerprint density at radius 2 is 1.77 bits per heavy atom. The van der Waals surface area contributed by atoms with Gasteiger partial charge < -0.3 is 24.3 Å². The first-order valence-electron chi connectivity index (χ1n) is 12.3. The lowest BCUT2D eigenvalue weighted by Crippen LogP contribution is -2.38. The number of anilines is 1. The minimum absolute atomic E-state index is 0.00126. The number of ether oxygens (including phenoxy) is 4. The van der Waals surface area contributed by atoms with Crippen LogP contribution in [0.2, 0.25) is 0 Å². The number of amides is 3. The molecule has 0 aliphatic carbocycles. The van der Waals surface area contributed by atoms with Crippen molar-refractivity contribution < 1.29 is 46.9 Å². The normalized spacial score (nSPS) is 16.6. The first-order valence-corrected chi connectivity index (χ1v) is 13.2. The molecule has 1 heterocycles. The van der Waals surface area contributed by atoms with E-state index in [1.54, 1.807) is 41.5 Å². The number of rotatable bonds is 8. The van der Waals surface area contributed by atoms with Crippen molar-refractivity contribution in [3.05, 3.63) is 29.6 Å². The van der Waals surface area contributed by atoms with Gasteiger partial charge in [0.25, 0.3) is 0 Å². The SMILES string of the molecule is CCOC(=O)C(F)S/C(=N\NC(=O)OC(C)(C)C)c1ccc(N2C[C@H](CNC(=O)OC(C)(C)C)OC2=O)cc1F. The Morgan fingerprint density at radius 3 is 2.35 bits per heavy atom. The highest BCUT2D eigenvalue weighted by atomic mass is 32.2. The number of hydrazone groups is 1. The van der Waals surface area contributed by atoms with E-state index in [0.717, 1.165) is 11.0 Å². The predicted octanol–water partition coefficient (Wildman–Crippen LogP) is 4.45. The molecule has 1 unspecified atom stereocenters. The third-order valence-corrected chi connectivity index (χ3v) is 5.51. The van der Waals surface area contributed by atoms with Crippen molar-refractivity contribution in [3.63, 3.8) is 0 Å². The molecule has 1 aromatic carbocycles. The number of carbonyl (C=O) groups is 4. The van der Waals surface area contributed by atoms with Gasteiger partial charge in [-0.25, -0.2) is 33.4 Å². The van der Waals surface area contributed by atoms with Crippen molar-refractivity contribution in [3.8, 4) is 0 Å². The summed E-state index contributed by atoms with van der Waals surface area (Å²) in [5, 5.41) is 5.87. The maximum absolute atomic E-state index is 15.3. The fraction of sp³-hybridized carbons (Fsp3) is 0.560. The molecule has 222 valence electrons. The summed E-state index contributed by atoms with van der Waals surface area (Å²) < 4.78 is 49.9. The second kappa shape index (κ2) is 13.6. The topological polar surface area (TPSA) is 145 Å². The molecule has 1 aromatic rings. The third-order valence-electron chi connectivity index (χ3n) is 4.58. The van der Waals surface area contributed by atoms with Gasteiger partial charge in [0.05, 0.1) is 25.4 Å². The molecule has 0 aromatic heterocycles. The van der Waals surface area contributed by atoms with Gasteiger partial charge in [-0.1, -0.05) is 11.8 Å². The van der Waals surface area contributed by atoms with Crippen LogP contribution in [-0.4, -0.2) is 71.8 Å². The summed E-state index contributed by atoms with van der Waals surface area (Å²) in [6, 6.07) is 3.54. The maximum atomic E-state index is 15.3. The number of nitrogens with zero attached hydrogens (tertiary/aromatic N) is 2. The van der Waals surface area contributed by atoms with E-state index in [0.29, 0.717) is 0 Å². The lowest BCUT2D eigenvalue weighted by atomic mass is 10.2. The zero-order valence-electron chi connectivity index (χ0n) is 23.3. The number of thioether (sulfide) groups is 1. The van der Waals surface area contributed by atoms with Crippen molar-refractivity contribution in [2.24, 2.45) is 5.10 Å². The molecule has 0 radical (unpaired) electrons. The van der Waals surface area contributed by atoms with Gasteiger partial charge >= 0.3 is 24.2 Å². The van der Waals surface area contributed by atoms with E-state index in [2.05, 4.69) is 20.6 Å². The van der Waals surface area contributed by atoms with Crippen LogP contribution in [0.5, 0.6) is 0 Å². The van der Waals surface area contributed by atoms with Crippen LogP contribution in [-0.2, 0) is 23.7 Å². The van der Waals surface area contributed by atoms with Crippen LogP contribution in [0, 0.1) is 5.82 Å². The summed E-state index contributed by atoms with van der Waals surface area (Å²) in [5.74, 6) is -2.14. The molecule has 15 heteroatoms. The molecule has 0 saturated carbocycles. The fourth-order valence-electron chi connectivity index (χ4n) is 3.10. The van der Waals surface area contributed by atoms with Crippen molar-refractivity contribution in [2.45, 2.75) is 71.3 Å². The number of halogens is 2. The highest BCUT2D eigenvalue weighted by molar-refractivity contribution is 8.15. The van der Waals surface area contributed by atoms with Crippen LogP contribution in [0.3, 0.4) is 0 Å². The van der Waals surface area contributed by atoms with Gasteiger partial charge in [0.2, 0.25) is 5.50 Å². The first kappa shape index (κ1) is 32.6. The molecular formula is C25H34F2N4O8S. The molecule has 3 amide bonds. The van der Waals surface area contributed by atoms with Crippen LogP contribution in [0.25, 0.3) is 0 Å². The standard InChI is InChI=1S/C25H34F2N4O8S/c1-8-36-20(32)18(27)40-19(29-30-22(34)39-25(5,6)7)16-10-9-14(11-17(16)26)31-13-15(37-23(31)35)12-28-21(33)38-24(2,3)4/h9-11,15,18H,8,12-13H2,1-7H3,(H,28,33)(H,30,34)/b29-19-/t15-,18?/m0/s1.